The smallest absolute Gasteiger partial charge is 0.323 e. The first kappa shape index (κ1) is 33.8. The Morgan fingerprint density at radius 1 is 0.717 bits per heavy atom. The van der Waals surface area contributed by atoms with E-state index >= 15 is 0 Å². The van der Waals surface area contributed by atoms with E-state index in [1.54, 1.807) is 19.1 Å². The van der Waals surface area contributed by atoms with Gasteiger partial charge in [-0.15, -0.1) is 0 Å². The number of hydrogen-bond donors (Lipinski definition) is 2. The molecule has 4 aromatic carbocycles. The molecule has 0 aliphatic heterocycles. The molecule has 4 aromatic rings. The van der Waals surface area contributed by atoms with Crippen LogP contribution in [0, 0.1) is 5.92 Å². The molecule has 2 N–H and O–H groups in total. The monoisotopic (exact) mass is 626 g/mol. The molecule has 0 aromatic heterocycles. The fraction of sp³-hybridized carbons (Fsp3) is 0.324. The van der Waals surface area contributed by atoms with Crippen LogP contribution < -0.4 is 19.3 Å². The summed E-state index contributed by atoms with van der Waals surface area (Å²) >= 11 is 0. The van der Waals surface area contributed by atoms with E-state index in [-0.39, 0.29) is 31.2 Å². The lowest BCUT2D eigenvalue weighted by molar-refractivity contribution is -0.136. The number of hydrogen-bond acceptors (Lipinski definition) is 7. The van der Waals surface area contributed by atoms with Gasteiger partial charge in [0.05, 0.1) is 14.2 Å². The number of methoxy groups -OCH3 is 2. The van der Waals surface area contributed by atoms with Crippen LogP contribution in [0.1, 0.15) is 43.4 Å². The molecule has 0 fully saturated rings. The average molecular weight is 627 g/mol. The number of benzene rings is 4. The third kappa shape index (κ3) is 9.00. The third-order valence-electron chi connectivity index (χ3n) is 7.76. The predicted molar refractivity (Wildman–Crippen MR) is 180 cm³/mol. The Labute approximate surface area is 270 Å². The lowest BCUT2D eigenvalue weighted by Crippen LogP contribution is -2.32. The van der Waals surface area contributed by atoms with Gasteiger partial charge in [0.15, 0.2) is 0 Å². The summed E-state index contributed by atoms with van der Waals surface area (Å²) in [7, 11) is 3.18. The van der Waals surface area contributed by atoms with Crippen molar-refractivity contribution in [3.8, 4) is 11.5 Å². The molecule has 46 heavy (non-hydrogen) atoms. The highest BCUT2D eigenvalue weighted by Gasteiger charge is 2.24. The normalized spacial score (nSPS) is 11.0. The van der Waals surface area contributed by atoms with E-state index in [0.29, 0.717) is 43.1 Å². The maximum Gasteiger partial charge on any atom is 0.323 e. The van der Waals surface area contributed by atoms with Crippen molar-refractivity contribution in [1.82, 2.24) is 0 Å². The standard InChI is InChI=1S/C37H42N2O7/c1-25(2)19-29(40)14-13-28-20-34(38(23-35(41)42)21-26-9-15-30(45-3)16-10-26)32-7-5-6-8-33(32)37(28)39(24-36(43)44)22-27-11-17-31(46-4)18-12-27/h5-12,15-18,20,25H,13-14,19,21-24H2,1-4H3,(H,41,42)(H,43,44). The van der Waals surface area contributed by atoms with E-state index in [4.69, 9.17) is 9.47 Å². The topological polar surface area (TPSA) is 117 Å². The zero-order valence-electron chi connectivity index (χ0n) is 26.9. The molecule has 0 bridgehead atoms. The Bertz CT molecular complexity index is 1650. The average Bonchev–Trinajstić information content (AvgIpc) is 3.02. The summed E-state index contributed by atoms with van der Waals surface area (Å²) < 4.78 is 10.6. The van der Waals surface area contributed by atoms with Crippen molar-refractivity contribution in [3.63, 3.8) is 0 Å². The van der Waals surface area contributed by atoms with Crippen molar-refractivity contribution in [3.05, 3.63) is 95.6 Å². The summed E-state index contributed by atoms with van der Waals surface area (Å²) in [6.07, 6.45) is 1.10. The van der Waals surface area contributed by atoms with E-state index in [2.05, 4.69) is 0 Å². The Balaban J connectivity index is 1.89. The van der Waals surface area contributed by atoms with Gasteiger partial charge in [-0.3, -0.25) is 14.4 Å². The number of anilines is 2. The predicted octanol–water partition coefficient (Wildman–Crippen LogP) is 6.59. The minimum atomic E-state index is -0.990. The van der Waals surface area contributed by atoms with Gasteiger partial charge in [-0.05, 0) is 59.4 Å². The number of ether oxygens (including phenoxy) is 2. The number of carboxylic acids is 2. The van der Waals surface area contributed by atoms with Gasteiger partial charge in [0.2, 0.25) is 0 Å². The van der Waals surface area contributed by atoms with Gasteiger partial charge in [-0.25, -0.2) is 0 Å². The Morgan fingerprint density at radius 3 is 1.72 bits per heavy atom. The van der Waals surface area contributed by atoms with Crippen LogP contribution >= 0.6 is 0 Å². The van der Waals surface area contributed by atoms with Crippen LogP contribution in [-0.4, -0.2) is 55.2 Å². The number of Topliss-reactive ketones (excluding diaryl/α,β-unsaturated/α-hetero) is 1. The van der Waals surface area contributed by atoms with Crippen LogP contribution in [-0.2, 0) is 33.9 Å². The molecule has 0 spiro atoms. The summed E-state index contributed by atoms with van der Waals surface area (Å²) in [5.74, 6) is -0.238. The molecule has 0 aliphatic rings. The number of rotatable bonds is 17. The van der Waals surface area contributed by atoms with Crippen molar-refractivity contribution in [2.24, 2.45) is 5.92 Å². The number of aliphatic carboxylic acids is 2. The van der Waals surface area contributed by atoms with Gasteiger partial charge in [-0.1, -0.05) is 62.4 Å². The largest absolute Gasteiger partial charge is 0.497 e. The van der Waals surface area contributed by atoms with Gasteiger partial charge in [0, 0.05) is 48.1 Å². The SMILES string of the molecule is COc1ccc(CN(CC(=O)O)c2cc(CCC(=O)CC(C)C)c(N(CC(=O)O)Cc3ccc(OC)cc3)c3ccccc23)cc1. The van der Waals surface area contributed by atoms with Crippen molar-refractivity contribution in [2.75, 3.05) is 37.1 Å². The number of nitrogens with zero attached hydrogens (tertiary/aromatic N) is 2. The highest BCUT2D eigenvalue weighted by atomic mass is 16.5. The Morgan fingerprint density at radius 2 is 1.22 bits per heavy atom. The van der Waals surface area contributed by atoms with Crippen LogP contribution in [0.4, 0.5) is 11.4 Å². The van der Waals surface area contributed by atoms with Crippen molar-refractivity contribution in [1.29, 1.82) is 0 Å². The number of fused-ring (bicyclic) bond motifs is 1. The molecule has 0 amide bonds. The molecule has 4 rings (SSSR count). The molecule has 0 saturated carbocycles. The minimum Gasteiger partial charge on any atom is -0.497 e. The van der Waals surface area contributed by atoms with Crippen LogP contribution in [0.15, 0.2) is 78.9 Å². The molecule has 0 aliphatic carbocycles. The van der Waals surface area contributed by atoms with Crippen LogP contribution in [0.2, 0.25) is 0 Å². The first-order chi connectivity index (χ1) is 22.1. The summed E-state index contributed by atoms with van der Waals surface area (Å²) in [4.78, 5) is 41.0. The Hall–Kier alpha value is -5.05. The first-order valence-electron chi connectivity index (χ1n) is 15.3. The molecular formula is C37H42N2O7. The number of carbonyl (C=O) groups is 3. The molecule has 0 unspecified atom stereocenters. The van der Waals surface area contributed by atoms with Gasteiger partial charge < -0.3 is 29.5 Å². The first-order valence-corrected chi connectivity index (χ1v) is 15.3. The van der Waals surface area contributed by atoms with Gasteiger partial charge in [0.1, 0.15) is 30.4 Å². The number of carboxylic acid groups (broad SMARTS) is 2. The van der Waals surface area contributed by atoms with E-state index in [1.165, 1.54) is 0 Å². The fourth-order valence-corrected chi connectivity index (χ4v) is 5.72. The number of aryl methyl sites for hydroxylation is 1. The molecule has 242 valence electrons. The molecule has 0 saturated heterocycles. The molecule has 0 radical (unpaired) electrons. The van der Waals surface area contributed by atoms with Crippen LogP contribution in [0.3, 0.4) is 0 Å². The highest BCUT2D eigenvalue weighted by Crippen LogP contribution is 2.40. The maximum absolute atomic E-state index is 12.9. The molecule has 9 nitrogen and oxygen atoms in total. The second kappa shape index (κ2) is 15.8. The molecule has 0 atom stereocenters. The summed E-state index contributed by atoms with van der Waals surface area (Å²) in [5, 5.41) is 21.6. The van der Waals surface area contributed by atoms with Gasteiger partial charge in [0.25, 0.3) is 0 Å². The fourth-order valence-electron chi connectivity index (χ4n) is 5.72. The van der Waals surface area contributed by atoms with E-state index in [1.807, 2.05) is 97.6 Å². The van der Waals surface area contributed by atoms with E-state index < -0.39 is 11.9 Å². The quantitative estimate of drug-likeness (QED) is 0.134. The zero-order chi connectivity index (χ0) is 33.2. The minimum absolute atomic E-state index is 0.122. The van der Waals surface area contributed by atoms with Crippen molar-refractivity contribution < 1.29 is 34.1 Å². The lowest BCUT2D eigenvalue weighted by Gasteiger charge is -2.31. The number of ketones is 1. The number of carbonyl (C=O) groups excluding carboxylic acids is 1. The zero-order valence-corrected chi connectivity index (χ0v) is 26.9. The third-order valence-corrected chi connectivity index (χ3v) is 7.76. The lowest BCUT2D eigenvalue weighted by atomic mass is 9.94. The van der Waals surface area contributed by atoms with Gasteiger partial charge in [-0.2, -0.15) is 0 Å². The molecule has 9 heteroatoms. The maximum atomic E-state index is 12.9. The molecular weight excluding hydrogens is 584 g/mol. The second-order valence-electron chi connectivity index (χ2n) is 11.8. The van der Waals surface area contributed by atoms with E-state index in [0.717, 1.165) is 33.2 Å². The van der Waals surface area contributed by atoms with Crippen molar-refractivity contribution in [2.45, 2.75) is 46.2 Å². The van der Waals surface area contributed by atoms with E-state index in [9.17, 15) is 24.6 Å². The van der Waals surface area contributed by atoms with Crippen LogP contribution in [0.5, 0.6) is 11.5 Å². The van der Waals surface area contributed by atoms with Crippen molar-refractivity contribution >= 4 is 39.9 Å². The summed E-state index contributed by atoms with van der Waals surface area (Å²) in [6, 6.07) is 24.5. The highest BCUT2D eigenvalue weighted by molar-refractivity contribution is 6.05. The van der Waals surface area contributed by atoms with Crippen LogP contribution in [0.25, 0.3) is 10.8 Å². The summed E-state index contributed by atoms with van der Waals surface area (Å²) in [5.41, 5.74) is 3.99. The second-order valence-corrected chi connectivity index (χ2v) is 11.8. The molecule has 0 heterocycles. The van der Waals surface area contributed by atoms with Gasteiger partial charge >= 0.3 is 11.9 Å². The summed E-state index contributed by atoms with van der Waals surface area (Å²) in [6.45, 7) is 4.10. The Kier molecular flexibility index (Phi) is 11.6.